The SMILES string of the molecule is CC1CCC(C#N)C(N2CCN(C)CC2)C1. The van der Waals surface area contributed by atoms with Gasteiger partial charge in [0.2, 0.25) is 0 Å². The van der Waals surface area contributed by atoms with Gasteiger partial charge in [0.25, 0.3) is 0 Å². The Morgan fingerprint density at radius 3 is 2.44 bits per heavy atom. The number of hydrogen-bond donors (Lipinski definition) is 0. The van der Waals surface area contributed by atoms with Crippen molar-refractivity contribution < 1.29 is 0 Å². The maximum atomic E-state index is 9.24. The highest BCUT2D eigenvalue weighted by molar-refractivity contribution is 4.97. The van der Waals surface area contributed by atoms with Gasteiger partial charge in [0.15, 0.2) is 0 Å². The number of hydrogen-bond acceptors (Lipinski definition) is 3. The minimum absolute atomic E-state index is 0.277. The van der Waals surface area contributed by atoms with E-state index in [9.17, 15) is 5.26 Å². The summed E-state index contributed by atoms with van der Waals surface area (Å²) in [7, 11) is 2.18. The molecule has 2 fully saturated rings. The summed E-state index contributed by atoms with van der Waals surface area (Å²) in [5.41, 5.74) is 0. The van der Waals surface area contributed by atoms with E-state index in [1.165, 1.54) is 12.8 Å². The van der Waals surface area contributed by atoms with E-state index in [1.54, 1.807) is 0 Å². The van der Waals surface area contributed by atoms with Crippen LogP contribution in [-0.2, 0) is 0 Å². The fourth-order valence-electron chi connectivity index (χ4n) is 3.06. The molecule has 0 aromatic heterocycles. The van der Waals surface area contributed by atoms with E-state index in [-0.39, 0.29) is 5.92 Å². The smallest absolute Gasteiger partial charge is 0.0672 e. The van der Waals surface area contributed by atoms with Gasteiger partial charge in [0.05, 0.1) is 12.0 Å². The zero-order chi connectivity index (χ0) is 11.5. The van der Waals surface area contributed by atoms with Gasteiger partial charge in [-0.3, -0.25) is 4.90 Å². The Kier molecular flexibility index (Phi) is 3.83. The van der Waals surface area contributed by atoms with E-state index in [4.69, 9.17) is 0 Å². The molecule has 1 aliphatic heterocycles. The zero-order valence-corrected chi connectivity index (χ0v) is 10.5. The second kappa shape index (κ2) is 5.16. The molecule has 2 rings (SSSR count). The van der Waals surface area contributed by atoms with E-state index in [2.05, 4.69) is 29.8 Å². The summed E-state index contributed by atoms with van der Waals surface area (Å²) in [6, 6.07) is 3.06. The highest BCUT2D eigenvalue weighted by atomic mass is 15.3. The highest BCUT2D eigenvalue weighted by Crippen LogP contribution is 2.32. The van der Waals surface area contributed by atoms with Crippen molar-refractivity contribution in [3.8, 4) is 6.07 Å². The Morgan fingerprint density at radius 1 is 1.12 bits per heavy atom. The maximum absolute atomic E-state index is 9.24. The van der Waals surface area contributed by atoms with E-state index in [0.717, 1.165) is 38.5 Å². The number of nitriles is 1. The molecule has 0 aromatic rings. The van der Waals surface area contributed by atoms with E-state index < -0.39 is 0 Å². The fraction of sp³-hybridized carbons (Fsp3) is 0.923. The standard InChI is InChI=1S/C13H23N3/c1-11-3-4-12(10-14)13(9-11)16-7-5-15(2)6-8-16/h11-13H,3-9H2,1-2H3. The third-order valence-electron chi connectivity index (χ3n) is 4.25. The maximum Gasteiger partial charge on any atom is 0.0672 e. The van der Waals surface area contributed by atoms with Crippen LogP contribution in [0.5, 0.6) is 0 Å². The molecule has 1 saturated carbocycles. The summed E-state index contributed by atoms with van der Waals surface area (Å²) in [6.07, 6.45) is 3.57. The van der Waals surface area contributed by atoms with Crippen LogP contribution in [0.1, 0.15) is 26.2 Å². The Morgan fingerprint density at radius 2 is 1.81 bits per heavy atom. The van der Waals surface area contributed by atoms with Gasteiger partial charge >= 0.3 is 0 Å². The Balaban J connectivity index is 1.97. The van der Waals surface area contributed by atoms with Crippen LogP contribution in [0.2, 0.25) is 0 Å². The van der Waals surface area contributed by atoms with Crippen LogP contribution in [0, 0.1) is 23.2 Å². The summed E-state index contributed by atoms with van der Waals surface area (Å²) < 4.78 is 0. The van der Waals surface area contributed by atoms with Crippen LogP contribution in [0.3, 0.4) is 0 Å². The first-order valence-electron chi connectivity index (χ1n) is 6.53. The lowest BCUT2D eigenvalue weighted by Gasteiger charge is -2.43. The van der Waals surface area contributed by atoms with Crippen molar-refractivity contribution in [3.63, 3.8) is 0 Å². The molecule has 1 heterocycles. The second-order valence-corrected chi connectivity index (χ2v) is 5.56. The van der Waals surface area contributed by atoms with Gasteiger partial charge in [-0.15, -0.1) is 0 Å². The molecule has 3 heteroatoms. The molecule has 16 heavy (non-hydrogen) atoms. The van der Waals surface area contributed by atoms with Gasteiger partial charge in [-0.05, 0) is 32.2 Å². The Labute approximate surface area is 99.0 Å². The monoisotopic (exact) mass is 221 g/mol. The van der Waals surface area contributed by atoms with Crippen LogP contribution in [-0.4, -0.2) is 49.1 Å². The number of rotatable bonds is 1. The average molecular weight is 221 g/mol. The molecule has 3 nitrogen and oxygen atoms in total. The van der Waals surface area contributed by atoms with E-state index in [0.29, 0.717) is 6.04 Å². The van der Waals surface area contributed by atoms with Gasteiger partial charge in [0.1, 0.15) is 0 Å². The number of likely N-dealkylation sites (N-methyl/N-ethyl adjacent to an activating group) is 1. The highest BCUT2D eigenvalue weighted by Gasteiger charge is 2.33. The lowest BCUT2D eigenvalue weighted by Crippen LogP contribution is -2.52. The number of nitrogens with zero attached hydrogens (tertiary/aromatic N) is 3. The number of piperazine rings is 1. The van der Waals surface area contributed by atoms with Crippen LogP contribution >= 0.6 is 0 Å². The predicted molar refractivity (Wildman–Crippen MR) is 65.0 cm³/mol. The molecule has 3 atom stereocenters. The summed E-state index contributed by atoms with van der Waals surface area (Å²) in [4.78, 5) is 4.94. The fourth-order valence-corrected chi connectivity index (χ4v) is 3.06. The lowest BCUT2D eigenvalue weighted by atomic mass is 9.79. The quantitative estimate of drug-likeness (QED) is 0.673. The minimum atomic E-state index is 0.277. The molecule has 3 unspecified atom stereocenters. The molecule has 1 saturated heterocycles. The lowest BCUT2D eigenvalue weighted by molar-refractivity contribution is 0.0604. The molecule has 90 valence electrons. The van der Waals surface area contributed by atoms with Crippen molar-refractivity contribution in [3.05, 3.63) is 0 Å². The molecule has 0 spiro atoms. The van der Waals surface area contributed by atoms with Crippen molar-refractivity contribution in [1.82, 2.24) is 9.80 Å². The predicted octanol–water partition coefficient (Wildman–Crippen LogP) is 1.56. The Bertz CT molecular complexity index is 263. The molecular weight excluding hydrogens is 198 g/mol. The van der Waals surface area contributed by atoms with E-state index in [1.807, 2.05) is 0 Å². The molecule has 0 radical (unpaired) electrons. The van der Waals surface area contributed by atoms with Crippen molar-refractivity contribution >= 4 is 0 Å². The van der Waals surface area contributed by atoms with Gasteiger partial charge in [-0.25, -0.2) is 0 Å². The molecular formula is C13H23N3. The average Bonchev–Trinajstić information content (AvgIpc) is 2.30. The van der Waals surface area contributed by atoms with E-state index >= 15 is 0 Å². The van der Waals surface area contributed by atoms with Crippen molar-refractivity contribution in [2.24, 2.45) is 11.8 Å². The second-order valence-electron chi connectivity index (χ2n) is 5.56. The van der Waals surface area contributed by atoms with Crippen molar-refractivity contribution in [1.29, 1.82) is 5.26 Å². The summed E-state index contributed by atoms with van der Waals surface area (Å²) in [5.74, 6) is 1.08. The van der Waals surface area contributed by atoms with Gasteiger partial charge < -0.3 is 4.90 Å². The molecule has 0 bridgehead atoms. The van der Waals surface area contributed by atoms with Crippen LogP contribution in [0.4, 0.5) is 0 Å². The molecule has 0 N–H and O–H groups in total. The molecule has 2 aliphatic rings. The first-order valence-corrected chi connectivity index (χ1v) is 6.53. The minimum Gasteiger partial charge on any atom is -0.304 e. The Hall–Kier alpha value is -0.590. The van der Waals surface area contributed by atoms with Gasteiger partial charge in [0, 0.05) is 32.2 Å². The third kappa shape index (κ3) is 2.56. The summed E-state index contributed by atoms with van der Waals surface area (Å²) in [6.45, 7) is 6.93. The third-order valence-corrected chi connectivity index (χ3v) is 4.25. The largest absolute Gasteiger partial charge is 0.304 e. The first kappa shape index (κ1) is 11.9. The molecule has 1 aliphatic carbocycles. The van der Waals surface area contributed by atoms with Crippen LogP contribution in [0.15, 0.2) is 0 Å². The summed E-state index contributed by atoms with van der Waals surface area (Å²) in [5, 5.41) is 9.24. The van der Waals surface area contributed by atoms with Crippen molar-refractivity contribution in [2.75, 3.05) is 33.2 Å². The first-order chi connectivity index (χ1) is 7.70. The van der Waals surface area contributed by atoms with Crippen molar-refractivity contribution in [2.45, 2.75) is 32.2 Å². The van der Waals surface area contributed by atoms with Gasteiger partial charge in [-0.2, -0.15) is 5.26 Å². The van der Waals surface area contributed by atoms with Crippen LogP contribution < -0.4 is 0 Å². The summed E-state index contributed by atoms with van der Waals surface area (Å²) >= 11 is 0. The van der Waals surface area contributed by atoms with Crippen LogP contribution in [0.25, 0.3) is 0 Å². The topological polar surface area (TPSA) is 30.3 Å². The molecule has 0 aromatic carbocycles. The zero-order valence-electron chi connectivity index (χ0n) is 10.5. The molecule has 0 amide bonds. The normalized spacial score (nSPS) is 38.2. The van der Waals surface area contributed by atoms with Gasteiger partial charge in [-0.1, -0.05) is 6.92 Å².